The maximum Gasteiger partial charge on any atom is 0.132 e. The lowest BCUT2D eigenvalue weighted by atomic mass is 9.63. The fraction of sp³-hybridized carbons (Fsp3) is 0.0204. The van der Waals surface area contributed by atoms with Crippen LogP contribution in [-0.2, 0) is 5.41 Å². The van der Waals surface area contributed by atoms with Gasteiger partial charge in [0.05, 0.1) is 28.4 Å². The molecule has 244 valence electrons. The minimum absolute atomic E-state index is 0.595. The van der Waals surface area contributed by atoms with Crippen molar-refractivity contribution in [1.82, 2.24) is 4.98 Å². The van der Waals surface area contributed by atoms with Crippen LogP contribution in [0.3, 0.4) is 0 Å². The Morgan fingerprint density at radius 2 is 0.942 bits per heavy atom. The molecule has 0 atom stereocenters. The number of para-hydroxylation sites is 1. The Bertz CT molecular complexity index is 2550. The standard InChI is InChI=1S/C49H32N2O/c50-33-34-23-25-36(26-24-34)45-31-40(35-13-4-1-5-14-35)32-46(51-45)39-16-12-15-37(29-39)38-27-28-48-44(30-38)49(41-17-6-2-7-18-41,42-19-8-3-9-20-42)43-21-10-11-22-47(43)52-48/h1-32H. The van der Waals surface area contributed by atoms with E-state index < -0.39 is 5.41 Å². The molecule has 8 aromatic rings. The van der Waals surface area contributed by atoms with E-state index in [-0.39, 0.29) is 0 Å². The third-order valence-electron chi connectivity index (χ3n) is 10.0. The number of rotatable bonds is 6. The van der Waals surface area contributed by atoms with E-state index in [1.807, 2.05) is 36.4 Å². The fourth-order valence-electron chi connectivity index (χ4n) is 7.58. The Balaban J connectivity index is 1.21. The second-order valence-electron chi connectivity index (χ2n) is 13.1. The molecule has 0 amide bonds. The maximum absolute atomic E-state index is 9.39. The van der Waals surface area contributed by atoms with Crippen LogP contribution < -0.4 is 4.74 Å². The van der Waals surface area contributed by atoms with Gasteiger partial charge in [-0.1, -0.05) is 146 Å². The number of pyridine rings is 1. The molecule has 3 heteroatoms. The molecule has 1 aromatic heterocycles. The second kappa shape index (κ2) is 13.0. The molecule has 0 saturated carbocycles. The average molecular weight is 665 g/mol. The molecule has 0 spiro atoms. The summed E-state index contributed by atoms with van der Waals surface area (Å²) in [6, 6.07) is 69.6. The van der Waals surface area contributed by atoms with Crippen LogP contribution in [0.1, 0.15) is 27.8 Å². The molecule has 7 aromatic carbocycles. The Labute approximate surface area is 303 Å². The molecule has 0 N–H and O–H groups in total. The van der Waals surface area contributed by atoms with Gasteiger partial charge in [0.1, 0.15) is 11.5 Å². The zero-order valence-corrected chi connectivity index (χ0v) is 28.3. The molecule has 0 saturated heterocycles. The van der Waals surface area contributed by atoms with E-state index in [0.29, 0.717) is 5.56 Å². The Morgan fingerprint density at radius 1 is 0.404 bits per heavy atom. The molecule has 3 nitrogen and oxygen atoms in total. The van der Waals surface area contributed by atoms with Crippen molar-refractivity contribution in [3.05, 3.63) is 222 Å². The van der Waals surface area contributed by atoms with Crippen LogP contribution in [0.4, 0.5) is 0 Å². The summed E-state index contributed by atoms with van der Waals surface area (Å²) in [5, 5.41) is 9.39. The lowest BCUT2D eigenvalue weighted by Crippen LogP contribution is -2.34. The molecular formula is C49H32N2O. The first-order chi connectivity index (χ1) is 25.7. The number of benzene rings is 7. The van der Waals surface area contributed by atoms with Crippen LogP contribution in [-0.4, -0.2) is 4.98 Å². The lowest BCUT2D eigenvalue weighted by molar-refractivity contribution is 0.434. The quantitative estimate of drug-likeness (QED) is 0.178. The fourth-order valence-corrected chi connectivity index (χ4v) is 7.58. The minimum atomic E-state index is -0.595. The number of nitriles is 1. The van der Waals surface area contributed by atoms with Gasteiger partial charge in [-0.05, 0) is 81.9 Å². The van der Waals surface area contributed by atoms with Crippen LogP contribution in [0, 0.1) is 11.3 Å². The van der Waals surface area contributed by atoms with Crippen LogP contribution in [0.2, 0.25) is 0 Å². The zero-order valence-electron chi connectivity index (χ0n) is 28.3. The Kier molecular flexibility index (Phi) is 7.76. The van der Waals surface area contributed by atoms with Gasteiger partial charge in [0.2, 0.25) is 0 Å². The average Bonchev–Trinajstić information content (AvgIpc) is 3.23. The Morgan fingerprint density at radius 3 is 1.63 bits per heavy atom. The summed E-state index contributed by atoms with van der Waals surface area (Å²) in [6.45, 7) is 0. The van der Waals surface area contributed by atoms with Gasteiger partial charge < -0.3 is 4.74 Å². The largest absolute Gasteiger partial charge is 0.457 e. The third-order valence-corrected chi connectivity index (χ3v) is 10.0. The van der Waals surface area contributed by atoms with Crippen molar-refractivity contribution >= 4 is 0 Å². The molecule has 1 aliphatic rings. The Hall–Kier alpha value is -7.02. The molecule has 2 heterocycles. The van der Waals surface area contributed by atoms with Crippen LogP contribution in [0.25, 0.3) is 44.8 Å². The van der Waals surface area contributed by atoms with Crippen LogP contribution in [0.5, 0.6) is 11.5 Å². The highest BCUT2D eigenvalue weighted by Crippen LogP contribution is 2.55. The van der Waals surface area contributed by atoms with Gasteiger partial charge in [-0.25, -0.2) is 4.98 Å². The van der Waals surface area contributed by atoms with E-state index in [1.54, 1.807) is 0 Å². The lowest BCUT2D eigenvalue weighted by Gasteiger charge is -2.41. The molecule has 52 heavy (non-hydrogen) atoms. The van der Waals surface area contributed by atoms with E-state index in [2.05, 4.69) is 164 Å². The van der Waals surface area contributed by atoms with Gasteiger partial charge in [0.15, 0.2) is 0 Å². The van der Waals surface area contributed by atoms with E-state index in [4.69, 9.17) is 9.72 Å². The smallest absolute Gasteiger partial charge is 0.132 e. The van der Waals surface area contributed by atoms with Crippen molar-refractivity contribution < 1.29 is 4.74 Å². The summed E-state index contributed by atoms with van der Waals surface area (Å²) in [7, 11) is 0. The highest BCUT2D eigenvalue weighted by molar-refractivity contribution is 5.80. The van der Waals surface area contributed by atoms with Crippen molar-refractivity contribution in [1.29, 1.82) is 5.26 Å². The zero-order chi connectivity index (χ0) is 34.9. The second-order valence-corrected chi connectivity index (χ2v) is 13.1. The number of aromatic nitrogens is 1. The van der Waals surface area contributed by atoms with E-state index >= 15 is 0 Å². The number of hydrogen-bond acceptors (Lipinski definition) is 3. The normalized spacial score (nSPS) is 12.5. The van der Waals surface area contributed by atoms with E-state index in [0.717, 1.165) is 67.4 Å². The molecule has 0 fully saturated rings. The van der Waals surface area contributed by atoms with Gasteiger partial charge >= 0.3 is 0 Å². The first kappa shape index (κ1) is 31.0. The highest BCUT2D eigenvalue weighted by atomic mass is 16.5. The van der Waals surface area contributed by atoms with Crippen molar-refractivity contribution in [2.24, 2.45) is 0 Å². The number of fused-ring (bicyclic) bond motifs is 2. The molecule has 0 radical (unpaired) electrons. The molecular weight excluding hydrogens is 633 g/mol. The van der Waals surface area contributed by atoms with E-state index in [9.17, 15) is 5.26 Å². The molecule has 0 unspecified atom stereocenters. The van der Waals surface area contributed by atoms with Crippen molar-refractivity contribution in [3.8, 4) is 62.3 Å². The van der Waals surface area contributed by atoms with Gasteiger partial charge in [0, 0.05) is 22.3 Å². The molecule has 0 aliphatic carbocycles. The SMILES string of the molecule is N#Cc1ccc(-c2cc(-c3ccccc3)cc(-c3cccc(-c4ccc5c(c4)C(c4ccccc4)(c4ccccc4)c4ccccc4O5)c3)n2)cc1. The maximum atomic E-state index is 9.39. The van der Waals surface area contributed by atoms with E-state index in [1.165, 1.54) is 11.1 Å². The summed E-state index contributed by atoms with van der Waals surface area (Å²) >= 11 is 0. The monoisotopic (exact) mass is 664 g/mol. The van der Waals surface area contributed by atoms with Gasteiger partial charge in [-0.15, -0.1) is 0 Å². The molecule has 1 aliphatic heterocycles. The topological polar surface area (TPSA) is 45.9 Å². The van der Waals surface area contributed by atoms with Crippen molar-refractivity contribution in [2.45, 2.75) is 5.41 Å². The van der Waals surface area contributed by atoms with Gasteiger partial charge in [0.25, 0.3) is 0 Å². The van der Waals surface area contributed by atoms with Gasteiger partial charge in [-0.3, -0.25) is 0 Å². The summed E-state index contributed by atoms with van der Waals surface area (Å²) in [4.78, 5) is 5.18. The first-order valence-corrected chi connectivity index (χ1v) is 17.4. The summed E-state index contributed by atoms with van der Waals surface area (Å²) in [6.07, 6.45) is 0. The van der Waals surface area contributed by atoms with Crippen molar-refractivity contribution in [2.75, 3.05) is 0 Å². The number of ether oxygens (including phenoxy) is 1. The van der Waals surface area contributed by atoms with Crippen LogP contribution in [0.15, 0.2) is 194 Å². The molecule has 9 rings (SSSR count). The molecule has 0 bridgehead atoms. The first-order valence-electron chi connectivity index (χ1n) is 17.4. The number of nitrogens with zero attached hydrogens (tertiary/aromatic N) is 2. The minimum Gasteiger partial charge on any atom is -0.457 e. The third kappa shape index (κ3) is 5.35. The highest BCUT2D eigenvalue weighted by Gasteiger charge is 2.45. The predicted octanol–water partition coefficient (Wildman–Crippen LogP) is 12.1. The van der Waals surface area contributed by atoms with Crippen LogP contribution >= 0.6 is 0 Å². The van der Waals surface area contributed by atoms with Crippen molar-refractivity contribution in [3.63, 3.8) is 0 Å². The summed E-state index contributed by atoms with van der Waals surface area (Å²) in [5.74, 6) is 1.70. The summed E-state index contributed by atoms with van der Waals surface area (Å²) < 4.78 is 6.66. The predicted molar refractivity (Wildman–Crippen MR) is 209 cm³/mol. The van der Waals surface area contributed by atoms with Gasteiger partial charge in [-0.2, -0.15) is 5.26 Å². The summed E-state index contributed by atoms with van der Waals surface area (Å²) in [5.41, 5.74) is 12.7. The number of hydrogen-bond donors (Lipinski definition) is 0.